The van der Waals surface area contributed by atoms with Crippen LogP contribution >= 0.6 is 0 Å². The van der Waals surface area contributed by atoms with E-state index < -0.39 is 6.29 Å². The lowest BCUT2D eigenvalue weighted by Gasteiger charge is -2.22. The number of esters is 2. The summed E-state index contributed by atoms with van der Waals surface area (Å²) in [5.74, 6) is -0.253. The summed E-state index contributed by atoms with van der Waals surface area (Å²) in [5.41, 5.74) is 0. The number of ether oxygens (including phenoxy) is 4. The van der Waals surface area contributed by atoms with Crippen LogP contribution in [0.25, 0.3) is 0 Å². The first-order valence-corrected chi connectivity index (χ1v) is 12.5. The van der Waals surface area contributed by atoms with Gasteiger partial charge in [0.15, 0.2) is 6.29 Å². The van der Waals surface area contributed by atoms with Gasteiger partial charge in [-0.2, -0.15) is 0 Å². The monoisotopic (exact) mass is 464 g/mol. The lowest BCUT2D eigenvalue weighted by Crippen LogP contribution is -2.29. The first-order chi connectivity index (χ1) is 15.7. The smallest absolute Gasteiger partial charge is 0.309 e. The normalized spacial score (nSPS) is 38.9. The molecular weight excluding hydrogens is 424 g/mol. The summed E-state index contributed by atoms with van der Waals surface area (Å²) in [5, 5.41) is 0. The van der Waals surface area contributed by atoms with E-state index >= 15 is 0 Å². The number of Topliss-reactive ketones (excluding diaryl/α,β-unsaturated/α-hetero) is 1. The number of hydrogen-bond donors (Lipinski definition) is 0. The van der Waals surface area contributed by atoms with Gasteiger partial charge in [-0.25, -0.2) is 0 Å². The molecule has 2 saturated heterocycles. The Hall–Kier alpha value is -1.73. The molecule has 186 valence electrons. The van der Waals surface area contributed by atoms with Crippen molar-refractivity contribution in [2.45, 2.75) is 85.2 Å². The number of hydrogen-bond acceptors (Lipinski definition) is 7. The van der Waals surface area contributed by atoms with Gasteiger partial charge in [0.1, 0.15) is 11.9 Å². The Morgan fingerprint density at radius 2 is 1.82 bits per heavy atom. The van der Waals surface area contributed by atoms with Crippen molar-refractivity contribution in [3.63, 3.8) is 0 Å². The molecule has 1 saturated carbocycles. The molecule has 0 radical (unpaired) electrons. The fourth-order valence-electron chi connectivity index (χ4n) is 5.41. The maximum absolute atomic E-state index is 12.6. The zero-order valence-electron chi connectivity index (χ0n) is 20.7. The van der Waals surface area contributed by atoms with Gasteiger partial charge in [-0.3, -0.25) is 14.4 Å². The summed E-state index contributed by atoms with van der Waals surface area (Å²) < 4.78 is 23.0. The predicted octanol–water partition coefficient (Wildman–Crippen LogP) is 4.08. The molecular formula is C26H40O7. The number of cyclic esters (lactones) is 1. The number of rotatable bonds is 10. The Kier molecular flexibility index (Phi) is 9.10. The quantitative estimate of drug-likeness (QED) is 0.355. The van der Waals surface area contributed by atoms with Crippen LogP contribution in [0.4, 0.5) is 0 Å². The molecule has 0 N–H and O–H groups in total. The van der Waals surface area contributed by atoms with E-state index in [9.17, 15) is 14.4 Å². The van der Waals surface area contributed by atoms with Crippen LogP contribution in [0.3, 0.4) is 0 Å². The van der Waals surface area contributed by atoms with Crippen LogP contribution in [0.2, 0.25) is 0 Å². The number of carbonyl (C=O) groups is 3. The van der Waals surface area contributed by atoms with Crippen LogP contribution < -0.4 is 0 Å². The van der Waals surface area contributed by atoms with E-state index in [1.807, 2.05) is 27.7 Å². The fraction of sp³-hybridized carbons (Fsp3) is 0.808. The van der Waals surface area contributed by atoms with Crippen LogP contribution in [-0.2, 0) is 33.3 Å². The highest BCUT2D eigenvalue weighted by Gasteiger charge is 2.44. The third-order valence-electron chi connectivity index (χ3n) is 7.83. The molecule has 3 aliphatic rings. The van der Waals surface area contributed by atoms with E-state index in [2.05, 4.69) is 19.1 Å². The van der Waals surface area contributed by atoms with Crippen LogP contribution in [-0.4, -0.2) is 49.4 Å². The highest BCUT2D eigenvalue weighted by atomic mass is 16.7. The zero-order valence-corrected chi connectivity index (χ0v) is 20.7. The fourth-order valence-corrected chi connectivity index (χ4v) is 5.41. The molecule has 2 heterocycles. The predicted molar refractivity (Wildman–Crippen MR) is 122 cm³/mol. The molecule has 1 aliphatic carbocycles. The third kappa shape index (κ3) is 6.24. The van der Waals surface area contributed by atoms with Crippen molar-refractivity contribution in [3.8, 4) is 0 Å². The lowest BCUT2D eigenvalue weighted by atomic mass is 9.89. The van der Waals surface area contributed by atoms with Crippen molar-refractivity contribution in [1.82, 2.24) is 0 Å². The van der Waals surface area contributed by atoms with E-state index in [4.69, 9.17) is 18.9 Å². The van der Waals surface area contributed by atoms with Gasteiger partial charge in [0, 0.05) is 36.5 Å². The van der Waals surface area contributed by atoms with Crippen LogP contribution in [0.5, 0.6) is 0 Å². The summed E-state index contributed by atoms with van der Waals surface area (Å²) in [6, 6.07) is 0. The topological polar surface area (TPSA) is 88.1 Å². The maximum Gasteiger partial charge on any atom is 0.309 e. The molecule has 0 aromatic heterocycles. The van der Waals surface area contributed by atoms with Gasteiger partial charge >= 0.3 is 11.9 Å². The van der Waals surface area contributed by atoms with E-state index in [1.54, 1.807) is 0 Å². The van der Waals surface area contributed by atoms with Crippen LogP contribution in [0.15, 0.2) is 12.2 Å². The minimum Gasteiger partial charge on any atom is -0.465 e. The van der Waals surface area contributed by atoms with Crippen molar-refractivity contribution in [3.05, 3.63) is 12.2 Å². The largest absolute Gasteiger partial charge is 0.465 e. The number of carbonyl (C=O) groups excluding carboxylic acids is 3. The molecule has 0 bridgehead atoms. The molecule has 0 aromatic rings. The van der Waals surface area contributed by atoms with Crippen LogP contribution in [0.1, 0.15) is 66.7 Å². The lowest BCUT2D eigenvalue weighted by molar-refractivity contribution is -0.155. The van der Waals surface area contributed by atoms with Crippen LogP contribution in [0, 0.1) is 35.5 Å². The Bertz CT molecular complexity index is 732. The van der Waals surface area contributed by atoms with Crippen molar-refractivity contribution < 1.29 is 33.3 Å². The standard InChI is InChI=1S/C26H40O7/c1-6-7-8-9-20-19(10-11-23(20)27)12-24(28)30-13-22-16(3)26(33-18(22)5)31-14-21-15(2)25(29)32-17(21)4/h7-8,15-22,26H,6,9-14H2,1-5H3/b8-7-/t15-,16-,17+,18+,19+,20+,21-,22-,26-/m0/s1. The second-order valence-electron chi connectivity index (χ2n) is 10.0. The third-order valence-corrected chi connectivity index (χ3v) is 7.83. The number of allylic oxidation sites excluding steroid dienone is 2. The zero-order chi connectivity index (χ0) is 24.1. The average Bonchev–Trinajstić information content (AvgIpc) is 3.33. The minimum absolute atomic E-state index is 0.00900. The summed E-state index contributed by atoms with van der Waals surface area (Å²) in [4.78, 5) is 36.5. The second kappa shape index (κ2) is 11.6. The highest BCUT2D eigenvalue weighted by molar-refractivity contribution is 5.84. The van der Waals surface area contributed by atoms with E-state index in [1.165, 1.54) is 0 Å². The van der Waals surface area contributed by atoms with Gasteiger partial charge in [-0.1, -0.05) is 32.9 Å². The molecule has 0 aromatic carbocycles. The molecule has 0 spiro atoms. The molecule has 7 heteroatoms. The van der Waals surface area contributed by atoms with Crippen molar-refractivity contribution >= 4 is 17.7 Å². The van der Waals surface area contributed by atoms with Gasteiger partial charge in [0.25, 0.3) is 0 Å². The molecule has 9 atom stereocenters. The van der Waals surface area contributed by atoms with Gasteiger partial charge in [-0.15, -0.1) is 0 Å². The van der Waals surface area contributed by atoms with Crippen molar-refractivity contribution in [1.29, 1.82) is 0 Å². The average molecular weight is 465 g/mol. The Balaban J connectivity index is 1.45. The SMILES string of the molecule is CC/C=C\C[C@H]1C(=O)CC[C@@H]1CC(=O)OC[C@H]1[C@H](C)[C@@H](OC[C@H]2[C@H](C)C(=O)O[C@@H]2C)O[C@@H]1C. The molecule has 33 heavy (non-hydrogen) atoms. The van der Waals surface area contributed by atoms with Gasteiger partial charge in [0.2, 0.25) is 0 Å². The van der Waals surface area contributed by atoms with Crippen molar-refractivity contribution in [2.24, 2.45) is 35.5 Å². The Morgan fingerprint density at radius 3 is 2.48 bits per heavy atom. The summed E-state index contributed by atoms with van der Waals surface area (Å²) in [6.07, 6.45) is 6.72. The first-order valence-electron chi connectivity index (χ1n) is 12.5. The second-order valence-corrected chi connectivity index (χ2v) is 10.0. The summed E-state index contributed by atoms with van der Waals surface area (Å²) in [7, 11) is 0. The summed E-state index contributed by atoms with van der Waals surface area (Å²) >= 11 is 0. The van der Waals surface area contributed by atoms with E-state index in [0.29, 0.717) is 19.4 Å². The molecule has 0 amide bonds. The van der Waals surface area contributed by atoms with Gasteiger partial charge in [-0.05, 0) is 39.0 Å². The van der Waals surface area contributed by atoms with Gasteiger partial charge < -0.3 is 18.9 Å². The molecule has 0 unspecified atom stereocenters. The molecule has 3 fully saturated rings. The molecule has 2 aliphatic heterocycles. The summed E-state index contributed by atoms with van der Waals surface area (Å²) in [6.45, 7) is 10.5. The van der Waals surface area contributed by atoms with E-state index in [0.717, 1.165) is 12.8 Å². The highest BCUT2D eigenvalue weighted by Crippen LogP contribution is 2.37. The number of ketones is 1. The molecule has 3 rings (SSSR count). The van der Waals surface area contributed by atoms with Crippen molar-refractivity contribution in [2.75, 3.05) is 13.2 Å². The Labute approximate surface area is 197 Å². The Morgan fingerprint density at radius 1 is 1.06 bits per heavy atom. The first kappa shape index (κ1) is 25.9. The maximum atomic E-state index is 12.6. The van der Waals surface area contributed by atoms with E-state index in [-0.39, 0.29) is 78.5 Å². The molecule has 7 nitrogen and oxygen atoms in total. The minimum atomic E-state index is -0.402. The van der Waals surface area contributed by atoms with Gasteiger partial charge in [0.05, 0.1) is 25.2 Å².